The summed E-state index contributed by atoms with van der Waals surface area (Å²) in [6, 6.07) is 7.64. The summed E-state index contributed by atoms with van der Waals surface area (Å²) >= 11 is 0. The molecular formula is C15H18N8. The maximum absolute atomic E-state index is 4.30. The molecule has 1 aliphatic rings. The molecule has 3 rings (SSSR count). The van der Waals surface area contributed by atoms with Crippen molar-refractivity contribution in [2.24, 2.45) is 20.7 Å². The summed E-state index contributed by atoms with van der Waals surface area (Å²) in [6.07, 6.45) is 6.80. The lowest BCUT2D eigenvalue weighted by molar-refractivity contribution is 0.0767. The van der Waals surface area contributed by atoms with Crippen LogP contribution in [0.1, 0.15) is 6.92 Å². The highest BCUT2D eigenvalue weighted by molar-refractivity contribution is 5.31. The fraction of sp³-hybridized carbons (Fsp3) is 0.333. The van der Waals surface area contributed by atoms with Crippen LogP contribution >= 0.6 is 0 Å². The van der Waals surface area contributed by atoms with Crippen molar-refractivity contribution < 1.29 is 0 Å². The van der Waals surface area contributed by atoms with Gasteiger partial charge in [-0.05, 0) is 31.2 Å². The molecule has 23 heavy (non-hydrogen) atoms. The van der Waals surface area contributed by atoms with Crippen LogP contribution in [0.2, 0.25) is 0 Å². The van der Waals surface area contributed by atoms with Gasteiger partial charge in [0.05, 0.1) is 38.1 Å². The third kappa shape index (κ3) is 4.29. The summed E-state index contributed by atoms with van der Waals surface area (Å²) in [6.45, 7) is 4.33. The first-order chi connectivity index (χ1) is 11.3. The van der Waals surface area contributed by atoms with Crippen LogP contribution in [0.15, 0.2) is 69.7 Å². The van der Waals surface area contributed by atoms with Gasteiger partial charge in [0.1, 0.15) is 11.4 Å². The van der Waals surface area contributed by atoms with Gasteiger partial charge in [-0.15, -0.1) is 10.2 Å². The van der Waals surface area contributed by atoms with Crippen LogP contribution in [0.3, 0.4) is 0 Å². The lowest BCUT2D eigenvalue weighted by Crippen LogP contribution is -2.47. The summed E-state index contributed by atoms with van der Waals surface area (Å²) in [5, 5.41) is 20.9. The van der Waals surface area contributed by atoms with Gasteiger partial charge in [-0.2, -0.15) is 0 Å². The van der Waals surface area contributed by atoms with Crippen molar-refractivity contribution in [3.8, 4) is 0 Å². The van der Waals surface area contributed by atoms with Gasteiger partial charge < -0.3 is 0 Å². The van der Waals surface area contributed by atoms with Crippen molar-refractivity contribution in [1.29, 1.82) is 0 Å². The number of aromatic nitrogens is 2. The lowest BCUT2D eigenvalue weighted by Gasteiger charge is -2.34. The van der Waals surface area contributed by atoms with Gasteiger partial charge in [-0.1, -0.05) is 10.4 Å². The average Bonchev–Trinajstić information content (AvgIpc) is 2.61. The van der Waals surface area contributed by atoms with Crippen molar-refractivity contribution in [3.05, 3.63) is 49.1 Å². The van der Waals surface area contributed by atoms with Crippen LogP contribution in [0.5, 0.6) is 0 Å². The predicted octanol–water partition coefficient (Wildman–Crippen LogP) is 3.18. The smallest absolute Gasteiger partial charge is 0.106 e. The van der Waals surface area contributed by atoms with Crippen molar-refractivity contribution in [2.45, 2.75) is 13.0 Å². The normalized spacial score (nSPS) is 18.9. The van der Waals surface area contributed by atoms with E-state index in [4.69, 9.17) is 0 Å². The average molecular weight is 310 g/mol. The molecule has 0 saturated carbocycles. The first-order valence-electron chi connectivity index (χ1n) is 7.46. The molecule has 0 spiro atoms. The zero-order valence-corrected chi connectivity index (χ0v) is 12.9. The van der Waals surface area contributed by atoms with Crippen molar-refractivity contribution in [1.82, 2.24) is 20.0 Å². The third-order valence-electron chi connectivity index (χ3n) is 3.42. The second kappa shape index (κ2) is 7.39. The first-order valence-corrected chi connectivity index (χ1v) is 7.46. The minimum atomic E-state index is 0.206. The second-order valence-electron chi connectivity index (χ2n) is 5.23. The largest absolute Gasteiger partial charge is 0.274 e. The Balaban J connectivity index is 1.55. The molecule has 0 radical (unpaired) electrons. The Morgan fingerprint density at radius 3 is 2.17 bits per heavy atom. The molecule has 0 N–H and O–H groups in total. The van der Waals surface area contributed by atoms with Gasteiger partial charge >= 0.3 is 0 Å². The zero-order valence-electron chi connectivity index (χ0n) is 12.9. The standard InChI is InChI=1S/C15H18N8/c1-13-12-22(20-18-14-4-2-6-16-10-14)8-9-23(13)21-19-15-5-3-7-17-11-15/h2-7,10-11,13H,8-9,12H2,1H3. The second-order valence-corrected chi connectivity index (χ2v) is 5.23. The molecule has 2 aromatic rings. The number of hydrogen-bond acceptors (Lipinski definition) is 6. The molecule has 8 nitrogen and oxygen atoms in total. The fourth-order valence-electron chi connectivity index (χ4n) is 2.19. The van der Waals surface area contributed by atoms with Crippen LogP contribution in [0.4, 0.5) is 11.4 Å². The molecule has 118 valence electrons. The van der Waals surface area contributed by atoms with E-state index in [0.717, 1.165) is 31.0 Å². The van der Waals surface area contributed by atoms with Crippen LogP contribution < -0.4 is 0 Å². The van der Waals surface area contributed by atoms with Crippen LogP contribution in [0, 0.1) is 0 Å². The number of pyridine rings is 2. The van der Waals surface area contributed by atoms with Gasteiger partial charge in [-0.25, -0.2) is 0 Å². The Hall–Kier alpha value is -2.90. The van der Waals surface area contributed by atoms with Gasteiger partial charge in [0, 0.05) is 12.4 Å². The molecule has 3 heterocycles. The van der Waals surface area contributed by atoms with E-state index in [1.54, 1.807) is 24.8 Å². The van der Waals surface area contributed by atoms with Crippen molar-refractivity contribution in [2.75, 3.05) is 19.6 Å². The highest BCUT2D eigenvalue weighted by atomic mass is 15.6. The highest BCUT2D eigenvalue weighted by Gasteiger charge is 2.22. The molecule has 1 atom stereocenters. The van der Waals surface area contributed by atoms with Crippen molar-refractivity contribution >= 4 is 11.4 Å². The quantitative estimate of drug-likeness (QED) is 0.812. The molecule has 1 aliphatic heterocycles. The Morgan fingerprint density at radius 1 is 0.957 bits per heavy atom. The van der Waals surface area contributed by atoms with Gasteiger partial charge in [-0.3, -0.25) is 20.0 Å². The Morgan fingerprint density at radius 2 is 1.61 bits per heavy atom. The Bertz CT molecular complexity index is 658. The molecule has 1 fully saturated rings. The molecule has 8 heteroatoms. The predicted molar refractivity (Wildman–Crippen MR) is 85.2 cm³/mol. The first kappa shape index (κ1) is 15.0. The minimum absolute atomic E-state index is 0.206. The van der Waals surface area contributed by atoms with Gasteiger partial charge in [0.2, 0.25) is 0 Å². The number of piperazine rings is 1. The SMILES string of the molecule is CC1CN(N=Nc2cccnc2)CCN1N=Nc1cccnc1. The molecular weight excluding hydrogens is 292 g/mol. The van der Waals surface area contributed by atoms with E-state index in [2.05, 4.69) is 37.6 Å². The molecule has 1 saturated heterocycles. The number of nitrogens with zero attached hydrogens (tertiary/aromatic N) is 8. The fourth-order valence-corrected chi connectivity index (χ4v) is 2.19. The third-order valence-corrected chi connectivity index (χ3v) is 3.42. The van der Waals surface area contributed by atoms with Crippen molar-refractivity contribution in [3.63, 3.8) is 0 Å². The van der Waals surface area contributed by atoms with E-state index >= 15 is 0 Å². The van der Waals surface area contributed by atoms with E-state index in [1.807, 2.05) is 34.3 Å². The maximum Gasteiger partial charge on any atom is 0.106 e. The van der Waals surface area contributed by atoms with E-state index in [-0.39, 0.29) is 6.04 Å². The Kier molecular flexibility index (Phi) is 4.82. The van der Waals surface area contributed by atoms with Crippen LogP contribution in [-0.2, 0) is 0 Å². The highest BCUT2D eigenvalue weighted by Crippen LogP contribution is 2.16. The molecule has 0 aliphatic carbocycles. The summed E-state index contributed by atoms with van der Waals surface area (Å²) in [7, 11) is 0. The molecule has 2 aromatic heterocycles. The Labute approximate surface area is 134 Å². The molecule has 0 amide bonds. The number of hydrogen-bond donors (Lipinski definition) is 0. The summed E-state index contributed by atoms with van der Waals surface area (Å²) in [5.74, 6) is 0. The maximum atomic E-state index is 4.30. The molecule has 1 unspecified atom stereocenters. The van der Waals surface area contributed by atoms with Gasteiger partial charge in [0.25, 0.3) is 0 Å². The van der Waals surface area contributed by atoms with Gasteiger partial charge in [0.15, 0.2) is 0 Å². The summed E-state index contributed by atoms with van der Waals surface area (Å²) < 4.78 is 0. The summed E-state index contributed by atoms with van der Waals surface area (Å²) in [5.41, 5.74) is 1.50. The summed E-state index contributed by atoms with van der Waals surface area (Å²) in [4.78, 5) is 8.04. The minimum Gasteiger partial charge on any atom is -0.274 e. The van der Waals surface area contributed by atoms with E-state index in [1.165, 1.54) is 0 Å². The van der Waals surface area contributed by atoms with Crippen LogP contribution in [-0.4, -0.2) is 45.7 Å². The monoisotopic (exact) mass is 310 g/mol. The zero-order chi connectivity index (χ0) is 15.9. The van der Waals surface area contributed by atoms with E-state index in [0.29, 0.717) is 0 Å². The number of rotatable bonds is 4. The molecule has 0 aromatic carbocycles. The van der Waals surface area contributed by atoms with Crippen LogP contribution in [0.25, 0.3) is 0 Å². The molecule has 0 bridgehead atoms. The topological polar surface area (TPSA) is 81.7 Å². The van der Waals surface area contributed by atoms with E-state index in [9.17, 15) is 0 Å². The lowest BCUT2D eigenvalue weighted by atomic mass is 10.2. The van der Waals surface area contributed by atoms with E-state index < -0.39 is 0 Å².